The molecule has 1 atom stereocenters. The molecule has 0 rings (SSSR count). The van der Waals surface area contributed by atoms with Gasteiger partial charge in [0.15, 0.2) is 6.29 Å². The number of aliphatic hydroxyl groups excluding tert-OH is 1. The van der Waals surface area contributed by atoms with Crippen molar-refractivity contribution in [1.82, 2.24) is 0 Å². The number of rotatable bonds is 5. The minimum Gasteiger partial charge on any atom is -0.481 e. The summed E-state index contributed by atoms with van der Waals surface area (Å²) < 4.78 is 0. The lowest BCUT2D eigenvalue weighted by Crippen LogP contribution is -2.08. The number of aliphatic carboxylic acids is 1. The van der Waals surface area contributed by atoms with Gasteiger partial charge in [-0.2, -0.15) is 0 Å². The van der Waals surface area contributed by atoms with Gasteiger partial charge in [-0.05, 0) is 6.42 Å². The van der Waals surface area contributed by atoms with Gasteiger partial charge in [-0.25, -0.2) is 0 Å². The lowest BCUT2D eigenvalue weighted by atomic mass is 10.1. The molecule has 14 heavy (non-hydrogen) atoms. The van der Waals surface area contributed by atoms with Gasteiger partial charge in [-0.15, -0.1) is 6.58 Å². The van der Waals surface area contributed by atoms with Crippen LogP contribution in [0.25, 0.3) is 0 Å². The summed E-state index contributed by atoms with van der Waals surface area (Å²) in [6.07, 6.45) is 2.22. The van der Waals surface area contributed by atoms with E-state index in [1.807, 2.05) is 6.92 Å². The van der Waals surface area contributed by atoms with Gasteiger partial charge in [0.05, 0.1) is 5.92 Å². The van der Waals surface area contributed by atoms with E-state index in [2.05, 4.69) is 6.58 Å². The molecule has 0 saturated carbocycles. The molecule has 0 aliphatic heterocycles. The number of carboxylic acid groups (broad SMARTS) is 1. The second kappa shape index (κ2) is 10.2. The Morgan fingerprint density at radius 3 is 2.07 bits per heavy atom. The number of hydrogen-bond donors (Lipinski definition) is 3. The molecule has 0 saturated heterocycles. The van der Waals surface area contributed by atoms with Gasteiger partial charge in [0.1, 0.15) is 0 Å². The Morgan fingerprint density at radius 2 is 2.00 bits per heavy atom. The minimum atomic E-state index is -1.22. The van der Waals surface area contributed by atoms with Crippen molar-refractivity contribution in [2.75, 3.05) is 0 Å². The molecule has 0 aromatic carbocycles. The molecule has 1 unspecified atom stereocenters. The molecule has 4 heteroatoms. The van der Waals surface area contributed by atoms with Crippen LogP contribution < -0.4 is 0 Å². The van der Waals surface area contributed by atoms with Crippen molar-refractivity contribution in [2.45, 2.75) is 39.4 Å². The Balaban J connectivity index is 0. The van der Waals surface area contributed by atoms with Crippen molar-refractivity contribution in [1.29, 1.82) is 0 Å². The first kappa shape index (κ1) is 15.6. The SMILES string of the molecule is C=CCC(O)O.CCCC(C)C(=O)O. The molecular formula is C10H20O4. The van der Waals surface area contributed by atoms with Gasteiger partial charge in [0.25, 0.3) is 0 Å². The molecule has 0 aromatic rings. The van der Waals surface area contributed by atoms with Gasteiger partial charge in [-0.1, -0.05) is 26.3 Å². The zero-order valence-corrected chi connectivity index (χ0v) is 8.81. The maximum atomic E-state index is 10.1. The van der Waals surface area contributed by atoms with Crippen molar-refractivity contribution in [3.05, 3.63) is 12.7 Å². The molecule has 0 bridgehead atoms. The molecular weight excluding hydrogens is 184 g/mol. The van der Waals surface area contributed by atoms with Crippen LogP contribution in [-0.2, 0) is 4.79 Å². The predicted octanol–water partition coefficient (Wildman–Crippen LogP) is 1.38. The summed E-state index contributed by atoms with van der Waals surface area (Å²) in [6.45, 7) is 6.99. The highest BCUT2D eigenvalue weighted by molar-refractivity contribution is 5.69. The number of aliphatic hydroxyl groups is 2. The summed E-state index contributed by atoms with van der Waals surface area (Å²) in [5.74, 6) is -0.855. The van der Waals surface area contributed by atoms with Crippen LogP contribution in [-0.4, -0.2) is 27.6 Å². The van der Waals surface area contributed by atoms with Crippen LogP contribution >= 0.6 is 0 Å². The largest absolute Gasteiger partial charge is 0.481 e. The highest BCUT2D eigenvalue weighted by atomic mass is 16.5. The fourth-order valence-corrected chi connectivity index (χ4v) is 0.706. The zero-order valence-electron chi connectivity index (χ0n) is 8.81. The van der Waals surface area contributed by atoms with Crippen LogP contribution in [0.3, 0.4) is 0 Å². The summed E-state index contributed by atoms with van der Waals surface area (Å²) in [6, 6.07) is 0. The predicted molar refractivity (Wildman–Crippen MR) is 54.7 cm³/mol. The van der Waals surface area contributed by atoms with Crippen LogP contribution in [0.5, 0.6) is 0 Å². The van der Waals surface area contributed by atoms with Gasteiger partial charge in [0, 0.05) is 6.42 Å². The molecule has 0 aliphatic carbocycles. The molecule has 0 aliphatic rings. The van der Waals surface area contributed by atoms with E-state index in [0.717, 1.165) is 12.8 Å². The highest BCUT2D eigenvalue weighted by Crippen LogP contribution is 2.03. The van der Waals surface area contributed by atoms with Gasteiger partial charge < -0.3 is 15.3 Å². The van der Waals surface area contributed by atoms with Crippen LogP contribution in [0.15, 0.2) is 12.7 Å². The third-order valence-corrected chi connectivity index (χ3v) is 1.52. The average Bonchev–Trinajstić information content (AvgIpc) is 2.05. The van der Waals surface area contributed by atoms with Gasteiger partial charge in [-0.3, -0.25) is 4.79 Å². The summed E-state index contributed by atoms with van der Waals surface area (Å²) >= 11 is 0. The van der Waals surface area contributed by atoms with Crippen LogP contribution in [0.4, 0.5) is 0 Å². The Morgan fingerprint density at radius 1 is 1.50 bits per heavy atom. The van der Waals surface area contributed by atoms with E-state index in [1.54, 1.807) is 6.92 Å². The first-order valence-electron chi connectivity index (χ1n) is 4.65. The molecule has 0 radical (unpaired) electrons. The fourth-order valence-electron chi connectivity index (χ4n) is 0.706. The topological polar surface area (TPSA) is 77.8 Å². The smallest absolute Gasteiger partial charge is 0.306 e. The maximum Gasteiger partial charge on any atom is 0.306 e. The standard InChI is InChI=1S/C6H12O2.C4H8O2/c1-3-4-5(2)6(7)8;1-2-3-4(5)6/h5H,3-4H2,1-2H3,(H,7,8);2,4-6H,1,3H2. The van der Waals surface area contributed by atoms with E-state index >= 15 is 0 Å². The second-order valence-electron chi connectivity index (χ2n) is 3.03. The molecule has 0 fully saturated rings. The normalized spacial score (nSPS) is 11.5. The quantitative estimate of drug-likeness (QED) is 0.467. The first-order valence-corrected chi connectivity index (χ1v) is 4.65. The summed E-state index contributed by atoms with van der Waals surface area (Å²) in [4.78, 5) is 10.1. The van der Waals surface area contributed by atoms with Crippen molar-refractivity contribution >= 4 is 5.97 Å². The Hall–Kier alpha value is -0.870. The van der Waals surface area contributed by atoms with E-state index in [4.69, 9.17) is 15.3 Å². The van der Waals surface area contributed by atoms with E-state index in [-0.39, 0.29) is 12.3 Å². The maximum absolute atomic E-state index is 10.1. The summed E-state index contributed by atoms with van der Waals surface area (Å²) in [5, 5.41) is 24.4. The molecule has 0 amide bonds. The van der Waals surface area contributed by atoms with E-state index in [0.29, 0.717) is 0 Å². The molecule has 4 nitrogen and oxygen atoms in total. The number of carboxylic acids is 1. The Labute approximate surface area is 84.9 Å². The third-order valence-electron chi connectivity index (χ3n) is 1.52. The van der Waals surface area contributed by atoms with Crippen molar-refractivity contribution in [3.63, 3.8) is 0 Å². The lowest BCUT2D eigenvalue weighted by molar-refractivity contribution is -0.141. The van der Waals surface area contributed by atoms with Crippen LogP contribution in [0.1, 0.15) is 33.1 Å². The van der Waals surface area contributed by atoms with E-state index in [9.17, 15) is 4.79 Å². The van der Waals surface area contributed by atoms with Crippen molar-refractivity contribution < 1.29 is 20.1 Å². The van der Waals surface area contributed by atoms with Gasteiger partial charge >= 0.3 is 5.97 Å². The van der Waals surface area contributed by atoms with E-state index < -0.39 is 12.3 Å². The van der Waals surface area contributed by atoms with E-state index in [1.165, 1.54) is 6.08 Å². The van der Waals surface area contributed by atoms with Crippen LogP contribution in [0, 0.1) is 5.92 Å². The summed E-state index contributed by atoms with van der Waals surface area (Å²) in [7, 11) is 0. The summed E-state index contributed by atoms with van der Waals surface area (Å²) in [5.41, 5.74) is 0. The van der Waals surface area contributed by atoms with Gasteiger partial charge in [0.2, 0.25) is 0 Å². The highest BCUT2D eigenvalue weighted by Gasteiger charge is 2.07. The lowest BCUT2D eigenvalue weighted by Gasteiger charge is -2.00. The minimum absolute atomic E-state index is 0.167. The molecule has 0 heterocycles. The second-order valence-corrected chi connectivity index (χ2v) is 3.03. The molecule has 0 aromatic heterocycles. The van der Waals surface area contributed by atoms with Crippen molar-refractivity contribution in [2.24, 2.45) is 5.92 Å². The number of carbonyl (C=O) groups is 1. The monoisotopic (exact) mass is 204 g/mol. The Kier molecular flexibility index (Phi) is 11.4. The first-order chi connectivity index (χ1) is 6.45. The average molecular weight is 204 g/mol. The fraction of sp³-hybridized carbons (Fsp3) is 0.700. The molecule has 0 spiro atoms. The third kappa shape index (κ3) is 13.7. The Bertz CT molecular complexity index is 154. The molecule has 84 valence electrons. The van der Waals surface area contributed by atoms with Crippen molar-refractivity contribution in [3.8, 4) is 0 Å². The number of hydrogen-bond acceptors (Lipinski definition) is 3. The molecule has 3 N–H and O–H groups in total. The zero-order chi connectivity index (χ0) is 11.6. The van der Waals surface area contributed by atoms with Crippen LogP contribution in [0.2, 0.25) is 0 Å².